The molecule has 1 atom stereocenters. The number of hydrogen-bond donors (Lipinski definition) is 2. The van der Waals surface area contributed by atoms with E-state index in [0.717, 1.165) is 6.07 Å². The minimum atomic E-state index is -0.603. The van der Waals surface area contributed by atoms with Crippen molar-refractivity contribution in [3.05, 3.63) is 90.0 Å². The van der Waals surface area contributed by atoms with Crippen molar-refractivity contribution in [1.82, 2.24) is 0 Å². The summed E-state index contributed by atoms with van der Waals surface area (Å²) in [6.45, 7) is 7.72. The summed E-state index contributed by atoms with van der Waals surface area (Å²) in [5.41, 5.74) is 1.15. The molecule has 0 heterocycles. The number of ketones is 1. The van der Waals surface area contributed by atoms with Crippen molar-refractivity contribution in [3.63, 3.8) is 0 Å². The normalized spacial score (nSPS) is 11.7. The molecule has 0 saturated heterocycles. The van der Waals surface area contributed by atoms with E-state index in [1.807, 2.05) is 6.92 Å². The van der Waals surface area contributed by atoms with Gasteiger partial charge in [0.15, 0.2) is 11.9 Å². The molecule has 0 aliphatic rings. The van der Waals surface area contributed by atoms with Crippen LogP contribution in [0.25, 0.3) is 0 Å². The largest absolute Gasteiger partial charge is 0.507 e. The van der Waals surface area contributed by atoms with E-state index in [-0.39, 0.29) is 41.5 Å². The van der Waals surface area contributed by atoms with Gasteiger partial charge in [0.05, 0.1) is 17.9 Å². The standard InChI is InChI=1S/C28H28N2O7/c1-4-35-16-22(37-28(34)18(2)3)17-36-21-12-10-20(11-13-21)29-30-24-14-23(25(31)15-26(24)32)27(33)19-8-6-5-7-9-19/h5-15,22,31-32H,2,4,16-17H2,1,3H3. The zero-order valence-corrected chi connectivity index (χ0v) is 20.6. The lowest BCUT2D eigenvalue weighted by molar-refractivity contribution is -0.149. The number of carbonyl (C=O) groups is 2. The Labute approximate surface area is 214 Å². The van der Waals surface area contributed by atoms with Gasteiger partial charge in [-0.15, -0.1) is 5.11 Å². The molecule has 2 N–H and O–H groups in total. The second-order valence-corrected chi connectivity index (χ2v) is 8.03. The number of phenolic OH excluding ortho intramolecular Hbond substituents is 2. The quantitative estimate of drug-likeness (QED) is 0.141. The maximum absolute atomic E-state index is 12.7. The fraction of sp³-hybridized carbons (Fsp3) is 0.214. The average Bonchev–Trinajstić information content (AvgIpc) is 2.90. The van der Waals surface area contributed by atoms with E-state index < -0.39 is 17.9 Å². The monoisotopic (exact) mass is 504 g/mol. The van der Waals surface area contributed by atoms with E-state index in [0.29, 0.717) is 23.6 Å². The van der Waals surface area contributed by atoms with Crippen molar-refractivity contribution in [1.29, 1.82) is 0 Å². The second kappa shape index (κ2) is 13.0. The molecule has 0 bridgehead atoms. The second-order valence-electron chi connectivity index (χ2n) is 8.03. The molecule has 9 heteroatoms. The van der Waals surface area contributed by atoms with Crippen LogP contribution in [0.5, 0.6) is 17.2 Å². The lowest BCUT2D eigenvalue weighted by Crippen LogP contribution is -2.30. The topological polar surface area (TPSA) is 127 Å². The number of rotatable bonds is 12. The van der Waals surface area contributed by atoms with Crippen LogP contribution in [-0.4, -0.2) is 47.9 Å². The fourth-order valence-corrected chi connectivity index (χ4v) is 3.10. The number of esters is 1. The summed E-state index contributed by atoms with van der Waals surface area (Å²) in [6.07, 6.45) is -0.603. The maximum Gasteiger partial charge on any atom is 0.333 e. The summed E-state index contributed by atoms with van der Waals surface area (Å²) in [5.74, 6) is -1.10. The Bertz CT molecular complexity index is 1270. The predicted octanol–water partition coefficient (Wildman–Crippen LogP) is 5.65. The third kappa shape index (κ3) is 7.74. The van der Waals surface area contributed by atoms with Crippen molar-refractivity contribution >= 4 is 23.1 Å². The fourth-order valence-electron chi connectivity index (χ4n) is 3.10. The van der Waals surface area contributed by atoms with Crippen molar-refractivity contribution in [3.8, 4) is 17.2 Å². The molecule has 0 amide bonds. The molecule has 0 spiro atoms. The third-order valence-corrected chi connectivity index (χ3v) is 5.05. The van der Waals surface area contributed by atoms with Crippen molar-refractivity contribution in [2.75, 3.05) is 19.8 Å². The first-order valence-corrected chi connectivity index (χ1v) is 11.5. The number of carbonyl (C=O) groups excluding carboxylic acids is 2. The van der Waals surface area contributed by atoms with Gasteiger partial charge in [-0.3, -0.25) is 4.79 Å². The Morgan fingerprint density at radius 1 is 0.946 bits per heavy atom. The molecule has 1 unspecified atom stereocenters. The first-order valence-electron chi connectivity index (χ1n) is 11.5. The minimum absolute atomic E-state index is 0.00402. The van der Waals surface area contributed by atoms with E-state index in [2.05, 4.69) is 16.8 Å². The van der Waals surface area contributed by atoms with Gasteiger partial charge in [-0.05, 0) is 44.2 Å². The summed E-state index contributed by atoms with van der Waals surface area (Å²) in [4.78, 5) is 24.6. The molecule has 0 fully saturated rings. The molecule has 3 rings (SSSR count). The number of phenols is 2. The Morgan fingerprint density at radius 3 is 2.30 bits per heavy atom. The zero-order chi connectivity index (χ0) is 26.8. The van der Waals surface area contributed by atoms with Crippen molar-refractivity contribution in [2.24, 2.45) is 10.2 Å². The summed E-state index contributed by atoms with van der Waals surface area (Å²) in [6, 6.07) is 17.4. The smallest absolute Gasteiger partial charge is 0.333 e. The summed E-state index contributed by atoms with van der Waals surface area (Å²) >= 11 is 0. The van der Waals surface area contributed by atoms with E-state index in [1.54, 1.807) is 61.5 Å². The van der Waals surface area contributed by atoms with Crippen molar-refractivity contribution in [2.45, 2.75) is 20.0 Å². The molecule has 0 aliphatic heterocycles. The molecule has 0 saturated carbocycles. The molecular weight excluding hydrogens is 476 g/mol. The van der Waals surface area contributed by atoms with E-state index in [1.165, 1.54) is 6.07 Å². The van der Waals surface area contributed by atoms with Gasteiger partial charge in [0.1, 0.15) is 29.5 Å². The molecule has 192 valence electrons. The van der Waals surface area contributed by atoms with Crippen LogP contribution in [-0.2, 0) is 14.3 Å². The molecule has 3 aromatic carbocycles. The van der Waals surface area contributed by atoms with E-state index >= 15 is 0 Å². The van der Waals surface area contributed by atoms with Gasteiger partial charge in [0.2, 0.25) is 0 Å². The molecular formula is C28H28N2O7. The maximum atomic E-state index is 12.7. The Kier molecular flexibility index (Phi) is 9.51. The molecule has 0 radical (unpaired) electrons. The Morgan fingerprint density at radius 2 is 1.65 bits per heavy atom. The van der Waals surface area contributed by atoms with Gasteiger partial charge < -0.3 is 24.4 Å². The minimum Gasteiger partial charge on any atom is -0.507 e. The summed E-state index contributed by atoms with van der Waals surface area (Å²) in [5, 5.41) is 28.5. The van der Waals surface area contributed by atoms with Crippen LogP contribution in [0.15, 0.2) is 89.1 Å². The zero-order valence-electron chi connectivity index (χ0n) is 20.6. The van der Waals surface area contributed by atoms with Gasteiger partial charge in [-0.2, -0.15) is 5.11 Å². The number of ether oxygens (including phenoxy) is 3. The Balaban J connectivity index is 1.68. The lowest BCUT2D eigenvalue weighted by Gasteiger charge is -2.18. The lowest BCUT2D eigenvalue weighted by atomic mass is 10.0. The SMILES string of the molecule is C=C(C)C(=O)OC(COCC)COc1ccc(N=Nc2cc(C(=O)c3ccccc3)c(O)cc2O)cc1. The first kappa shape index (κ1) is 27.1. The molecule has 0 aromatic heterocycles. The number of nitrogens with zero attached hydrogens (tertiary/aromatic N) is 2. The number of azo groups is 1. The molecule has 0 aliphatic carbocycles. The number of aromatic hydroxyl groups is 2. The first-order chi connectivity index (χ1) is 17.8. The molecule has 37 heavy (non-hydrogen) atoms. The summed E-state index contributed by atoms with van der Waals surface area (Å²) < 4.78 is 16.4. The average molecular weight is 505 g/mol. The number of benzene rings is 3. The molecule has 3 aromatic rings. The highest BCUT2D eigenvalue weighted by Crippen LogP contribution is 2.35. The van der Waals surface area contributed by atoms with E-state index in [9.17, 15) is 19.8 Å². The van der Waals surface area contributed by atoms with Crippen LogP contribution in [0.1, 0.15) is 29.8 Å². The van der Waals surface area contributed by atoms with Gasteiger partial charge in [-0.1, -0.05) is 36.9 Å². The van der Waals surface area contributed by atoms with Gasteiger partial charge in [0, 0.05) is 23.8 Å². The highest BCUT2D eigenvalue weighted by Gasteiger charge is 2.18. The van der Waals surface area contributed by atoms with Crippen LogP contribution < -0.4 is 4.74 Å². The van der Waals surface area contributed by atoms with Gasteiger partial charge in [-0.25, -0.2) is 4.79 Å². The van der Waals surface area contributed by atoms with Gasteiger partial charge >= 0.3 is 5.97 Å². The summed E-state index contributed by atoms with van der Waals surface area (Å²) in [7, 11) is 0. The highest BCUT2D eigenvalue weighted by atomic mass is 16.6. The van der Waals surface area contributed by atoms with Crippen LogP contribution in [0, 0.1) is 0 Å². The predicted molar refractivity (Wildman–Crippen MR) is 137 cm³/mol. The Hall–Kier alpha value is -4.50. The highest BCUT2D eigenvalue weighted by molar-refractivity contribution is 6.11. The third-order valence-electron chi connectivity index (χ3n) is 5.05. The molecule has 9 nitrogen and oxygen atoms in total. The van der Waals surface area contributed by atoms with Crippen molar-refractivity contribution < 1.29 is 34.0 Å². The van der Waals surface area contributed by atoms with E-state index in [4.69, 9.17) is 14.2 Å². The van der Waals surface area contributed by atoms with Crippen LogP contribution in [0.2, 0.25) is 0 Å². The van der Waals surface area contributed by atoms with Crippen LogP contribution >= 0.6 is 0 Å². The number of hydrogen-bond acceptors (Lipinski definition) is 9. The van der Waals surface area contributed by atoms with Crippen LogP contribution in [0.3, 0.4) is 0 Å². The van der Waals surface area contributed by atoms with Gasteiger partial charge in [0.25, 0.3) is 0 Å². The van der Waals surface area contributed by atoms with Crippen LogP contribution in [0.4, 0.5) is 11.4 Å².